The molecule has 2 aromatic carbocycles. The standard InChI is InChI=1S/C24H24ClN5/c1-15(11-17-5-3-6-18(12-17)16(2)26)29-24-28-14-20-13-19(8-9-22(20)30-24)21-7-4-10-27-23(21)25/h3-10,12-16H,11,26H2,1-2H3,(H,28,29,30)/t15-,16-/m0/s1. The summed E-state index contributed by atoms with van der Waals surface area (Å²) in [6.45, 7) is 4.12. The largest absolute Gasteiger partial charge is 0.351 e. The molecule has 30 heavy (non-hydrogen) atoms. The van der Waals surface area contributed by atoms with Gasteiger partial charge in [0, 0.05) is 35.4 Å². The smallest absolute Gasteiger partial charge is 0.223 e. The van der Waals surface area contributed by atoms with E-state index in [1.54, 1.807) is 6.20 Å². The van der Waals surface area contributed by atoms with Gasteiger partial charge in [-0.15, -0.1) is 0 Å². The molecule has 5 nitrogen and oxygen atoms in total. The van der Waals surface area contributed by atoms with Gasteiger partial charge in [0.25, 0.3) is 0 Å². The van der Waals surface area contributed by atoms with Crippen molar-refractivity contribution in [2.75, 3.05) is 5.32 Å². The fourth-order valence-corrected chi connectivity index (χ4v) is 3.73. The molecule has 0 aliphatic heterocycles. The van der Waals surface area contributed by atoms with Gasteiger partial charge in [0.2, 0.25) is 5.95 Å². The van der Waals surface area contributed by atoms with Crippen LogP contribution >= 0.6 is 11.6 Å². The highest BCUT2D eigenvalue weighted by molar-refractivity contribution is 6.32. The Kier molecular flexibility index (Phi) is 5.93. The third-order valence-corrected chi connectivity index (χ3v) is 5.35. The third kappa shape index (κ3) is 4.58. The van der Waals surface area contributed by atoms with E-state index in [0.717, 1.165) is 34.0 Å². The van der Waals surface area contributed by atoms with E-state index >= 15 is 0 Å². The average molecular weight is 418 g/mol. The fourth-order valence-electron chi connectivity index (χ4n) is 3.50. The monoisotopic (exact) mass is 417 g/mol. The van der Waals surface area contributed by atoms with E-state index in [2.05, 4.69) is 51.5 Å². The average Bonchev–Trinajstić information content (AvgIpc) is 2.74. The summed E-state index contributed by atoms with van der Waals surface area (Å²) in [4.78, 5) is 13.3. The summed E-state index contributed by atoms with van der Waals surface area (Å²) in [5.41, 5.74) is 11.1. The molecule has 0 saturated carbocycles. The first-order valence-electron chi connectivity index (χ1n) is 9.98. The maximum Gasteiger partial charge on any atom is 0.223 e. The van der Waals surface area contributed by atoms with Crippen LogP contribution in [0.3, 0.4) is 0 Å². The predicted molar refractivity (Wildman–Crippen MR) is 124 cm³/mol. The van der Waals surface area contributed by atoms with E-state index in [-0.39, 0.29) is 12.1 Å². The van der Waals surface area contributed by atoms with Gasteiger partial charge < -0.3 is 11.1 Å². The van der Waals surface area contributed by atoms with Crippen LogP contribution in [-0.4, -0.2) is 21.0 Å². The molecule has 0 radical (unpaired) electrons. The van der Waals surface area contributed by atoms with Crippen LogP contribution < -0.4 is 11.1 Å². The number of anilines is 1. The van der Waals surface area contributed by atoms with Crippen molar-refractivity contribution in [3.63, 3.8) is 0 Å². The van der Waals surface area contributed by atoms with E-state index in [9.17, 15) is 0 Å². The van der Waals surface area contributed by atoms with E-state index < -0.39 is 0 Å². The zero-order chi connectivity index (χ0) is 21.1. The van der Waals surface area contributed by atoms with E-state index in [4.69, 9.17) is 17.3 Å². The number of fused-ring (bicyclic) bond motifs is 1. The second-order valence-corrected chi connectivity index (χ2v) is 7.95. The molecular formula is C24H24ClN5. The zero-order valence-electron chi connectivity index (χ0n) is 17.0. The molecule has 2 heterocycles. The SMILES string of the molecule is C[C@H](N)c1cccc(C[C@H](C)Nc2ncc3cc(-c4cccnc4Cl)ccc3n2)c1. The fraction of sp³-hybridized carbons (Fsp3) is 0.208. The van der Waals surface area contributed by atoms with Crippen LogP contribution in [0.1, 0.15) is 31.0 Å². The number of hydrogen-bond acceptors (Lipinski definition) is 5. The van der Waals surface area contributed by atoms with E-state index in [0.29, 0.717) is 11.1 Å². The molecule has 0 bridgehead atoms. The van der Waals surface area contributed by atoms with Gasteiger partial charge in [0.1, 0.15) is 5.15 Å². The van der Waals surface area contributed by atoms with Gasteiger partial charge >= 0.3 is 0 Å². The van der Waals surface area contributed by atoms with Gasteiger partial charge in [0.15, 0.2) is 0 Å². The lowest BCUT2D eigenvalue weighted by atomic mass is 10.0. The number of nitrogens with one attached hydrogen (secondary N) is 1. The second-order valence-electron chi connectivity index (χ2n) is 7.59. The van der Waals surface area contributed by atoms with Gasteiger partial charge in [-0.3, -0.25) is 0 Å². The van der Waals surface area contributed by atoms with Crippen molar-refractivity contribution in [2.45, 2.75) is 32.4 Å². The number of halogens is 1. The Labute approximate surface area is 181 Å². The van der Waals surface area contributed by atoms with Gasteiger partial charge in [-0.1, -0.05) is 41.9 Å². The summed E-state index contributed by atoms with van der Waals surface area (Å²) in [7, 11) is 0. The summed E-state index contributed by atoms with van der Waals surface area (Å²) in [6.07, 6.45) is 4.38. The van der Waals surface area contributed by atoms with Gasteiger partial charge in [-0.2, -0.15) is 0 Å². The van der Waals surface area contributed by atoms with E-state index in [1.165, 1.54) is 5.56 Å². The Hall–Kier alpha value is -3.02. The molecule has 0 saturated heterocycles. The number of rotatable bonds is 6. The van der Waals surface area contributed by atoms with Crippen LogP contribution in [0.4, 0.5) is 5.95 Å². The lowest BCUT2D eigenvalue weighted by Gasteiger charge is -2.15. The first-order valence-corrected chi connectivity index (χ1v) is 10.4. The minimum atomic E-state index is 0.0310. The third-order valence-electron chi connectivity index (χ3n) is 5.04. The molecule has 0 amide bonds. The molecule has 0 spiro atoms. The molecule has 0 unspecified atom stereocenters. The maximum atomic E-state index is 6.23. The maximum absolute atomic E-state index is 6.23. The molecule has 2 atom stereocenters. The Morgan fingerprint density at radius 3 is 2.70 bits per heavy atom. The molecule has 4 rings (SSSR count). The van der Waals surface area contributed by atoms with Crippen LogP contribution in [0.25, 0.3) is 22.0 Å². The minimum Gasteiger partial charge on any atom is -0.351 e. The zero-order valence-corrected chi connectivity index (χ0v) is 17.8. The number of aromatic nitrogens is 3. The van der Waals surface area contributed by atoms with Crippen molar-refractivity contribution < 1.29 is 0 Å². The Morgan fingerprint density at radius 1 is 1.03 bits per heavy atom. The number of pyridine rings is 1. The lowest BCUT2D eigenvalue weighted by Crippen LogP contribution is -2.20. The highest BCUT2D eigenvalue weighted by Crippen LogP contribution is 2.28. The van der Waals surface area contributed by atoms with Crippen LogP contribution in [0.15, 0.2) is 67.0 Å². The Balaban J connectivity index is 1.50. The quantitative estimate of drug-likeness (QED) is 0.410. The minimum absolute atomic E-state index is 0.0310. The topological polar surface area (TPSA) is 76.7 Å². The summed E-state index contributed by atoms with van der Waals surface area (Å²) in [5.74, 6) is 0.616. The van der Waals surface area contributed by atoms with Crippen molar-refractivity contribution in [3.05, 3.63) is 83.3 Å². The van der Waals surface area contributed by atoms with Crippen molar-refractivity contribution >= 4 is 28.5 Å². The van der Waals surface area contributed by atoms with E-state index in [1.807, 2.05) is 43.5 Å². The van der Waals surface area contributed by atoms with Crippen LogP contribution in [0, 0.1) is 0 Å². The van der Waals surface area contributed by atoms with Gasteiger partial charge in [0.05, 0.1) is 5.52 Å². The first kappa shape index (κ1) is 20.3. The Morgan fingerprint density at radius 2 is 1.90 bits per heavy atom. The number of hydrogen-bond donors (Lipinski definition) is 2. The molecule has 0 fully saturated rings. The normalized spacial score (nSPS) is 13.2. The molecule has 0 aliphatic carbocycles. The molecule has 2 aromatic heterocycles. The lowest BCUT2D eigenvalue weighted by molar-refractivity contribution is 0.769. The number of benzene rings is 2. The highest BCUT2D eigenvalue weighted by Gasteiger charge is 2.10. The van der Waals surface area contributed by atoms with Gasteiger partial charge in [-0.25, -0.2) is 15.0 Å². The summed E-state index contributed by atoms with van der Waals surface area (Å²) < 4.78 is 0. The molecular weight excluding hydrogens is 394 g/mol. The summed E-state index contributed by atoms with van der Waals surface area (Å²) in [5, 5.41) is 4.84. The molecule has 4 aromatic rings. The van der Waals surface area contributed by atoms with Crippen LogP contribution in [-0.2, 0) is 6.42 Å². The number of nitrogens with zero attached hydrogens (tertiary/aromatic N) is 3. The van der Waals surface area contributed by atoms with Crippen molar-refractivity contribution in [1.82, 2.24) is 15.0 Å². The van der Waals surface area contributed by atoms with Crippen LogP contribution in [0.2, 0.25) is 5.15 Å². The van der Waals surface area contributed by atoms with Crippen LogP contribution in [0.5, 0.6) is 0 Å². The number of nitrogens with two attached hydrogens (primary N) is 1. The molecule has 0 aliphatic rings. The van der Waals surface area contributed by atoms with Gasteiger partial charge in [-0.05, 0) is 61.2 Å². The highest BCUT2D eigenvalue weighted by atomic mass is 35.5. The van der Waals surface area contributed by atoms with Crippen molar-refractivity contribution in [2.24, 2.45) is 5.73 Å². The Bertz CT molecular complexity index is 1180. The molecule has 152 valence electrons. The summed E-state index contributed by atoms with van der Waals surface area (Å²) >= 11 is 6.23. The molecule has 3 N–H and O–H groups in total. The summed E-state index contributed by atoms with van der Waals surface area (Å²) in [6, 6.07) is 18.5. The predicted octanol–water partition coefficient (Wildman–Crippen LogP) is 5.41. The van der Waals surface area contributed by atoms with Crippen molar-refractivity contribution in [3.8, 4) is 11.1 Å². The van der Waals surface area contributed by atoms with Crippen molar-refractivity contribution in [1.29, 1.82) is 0 Å². The molecule has 6 heteroatoms. The second kappa shape index (κ2) is 8.78. The first-order chi connectivity index (χ1) is 14.5.